The van der Waals surface area contributed by atoms with Crippen LogP contribution in [0.25, 0.3) is 10.6 Å². The molecule has 0 amide bonds. The van der Waals surface area contributed by atoms with Crippen molar-refractivity contribution in [3.63, 3.8) is 0 Å². The van der Waals surface area contributed by atoms with Gasteiger partial charge in [-0.15, -0.1) is 22.9 Å². The molecule has 19 heavy (non-hydrogen) atoms. The second kappa shape index (κ2) is 5.09. The van der Waals surface area contributed by atoms with Gasteiger partial charge in [-0.05, 0) is 25.1 Å². The predicted octanol–water partition coefficient (Wildman–Crippen LogP) is 5.02. The molecule has 0 aliphatic rings. The number of aromatic nitrogens is 1. The van der Waals surface area contributed by atoms with Crippen LogP contribution in [0.3, 0.4) is 0 Å². The van der Waals surface area contributed by atoms with Crippen molar-refractivity contribution >= 4 is 22.9 Å². The third-order valence-electron chi connectivity index (χ3n) is 2.54. The maximum atomic E-state index is 13.7. The van der Waals surface area contributed by atoms with Crippen LogP contribution in [0.2, 0.25) is 0 Å². The molecule has 0 saturated carbocycles. The number of halogens is 5. The third kappa shape index (κ3) is 2.90. The first kappa shape index (κ1) is 14.3. The zero-order valence-corrected chi connectivity index (χ0v) is 11.3. The summed E-state index contributed by atoms with van der Waals surface area (Å²) in [5, 5.41) is 0.333. The van der Waals surface area contributed by atoms with E-state index in [1.165, 1.54) is 11.3 Å². The van der Waals surface area contributed by atoms with Gasteiger partial charge in [0.15, 0.2) is 0 Å². The Balaban J connectivity index is 2.46. The summed E-state index contributed by atoms with van der Waals surface area (Å²) >= 11 is 6.86. The highest BCUT2D eigenvalue weighted by atomic mass is 35.5. The van der Waals surface area contributed by atoms with Gasteiger partial charge in [-0.25, -0.2) is 9.37 Å². The van der Waals surface area contributed by atoms with Crippen LogP contribution in [-0.2, 0) is 12.1 Å². The largest absolute Gasteiger partial charge is 0.416 e. The lowest BCUT2D eigenvalue weighted by atomic mass is 10.1. The SMILES string of the molecule is Cc1nc(-c2ccc(C(F)(F)F)cc2F)sc1CCl. The van der Waals surface area contributed by atoms with E-state index in [9.17, 15) is 17.6 Å². The average Bonchev–Trinajstić information content (AvgIpc) is 2.69. The molecule has 2 rings (SSSR count). The zero-order valence-electron chi connectivity index (χ0n) is 9.68. The molecule has 0 bridgehead atoms. The van der Waals surface area contributed by atoms with Crippen molar-refractivity contribution in [1.29, 1.82) is 0 Å². The molecule has 0 aliphatic carbocycles. The number of hydrogen-bond donors (Lipinski definition) is 0. The Morgan fingerprint density at radius 1 is 1.32 bits per heavy atom. The summed E-state index contributed by atoms with van der Waals surface area (Å²) in [6.07, 6.45) is -4.56. The molecule has 0 fully saturated rings. The minimum absolute atomic E-state index is 0.0532. The molecule has 0 saturated heterocycles. The van der Waals surface area contributed by atoms with Gasteiger partial charge in [0, 0.05) is 10.4 Å². The lowest BCUT2D eigenvalue weighted by Crippen LogP contribution is -2.05. The lowest BCUT2D eigenvalue weighted by Gasteiger charge is -2.07. The average molecular weight is 310 g/mol. The van der Waals surface area contributed by atoms with E-state index in [1.54, 1.807) is 6.92 Å². The number of rotatable bonds is 2. The summed E-state index contributed by atoms with van der Waals surface area (Å²) in [4.78, 5) is 4.89. The molecule has 0 aliphatic heterocycles. The van der Waals surface area contributed by atoms with Crippen LogP contribution in [0, 0.1) is 12.7 Å². The molecule has 1 heterocycles. The van der Waals surface area contributed by atoms with E-state index >= 15 is 0 Å². The summed E-state index contributed by atoms with van der Waals surface area (Å²) in [7, 11) is 0. The van der Waals surface area contributed by atoms with Crippen LogP contribution in [-0.4, -0.2) is 4.98 Å². The van der Waals surface area contributed by atoms with Crippen molar-refractivity contribution in [3.8, 4) is 10.6 Å². The Morgan fingerprint density at radius 2 is 2.00 bits per heavy atom. The molecular weight excluding hydrogens is 302 g/mol. The van der Waals surface area contributed by atoms with Gasteiger partial charge in [-0.2, -0.15) is 13.2 Å². The van der Waals surface area contributed by atoms with Crippen molar-refractivity contribution in [3.05, 3.63) is 40.2 Å². The van der Waals surface area contributed by atoms with Gasteiger partial charge in [-0.1, -0.05) is 0 Å². The maximum absolute atomic E-state index is 13.7. The van der Waals surface area contributed by atoms with Crippen molar-refractivity contribution in [2.75, 3.05) is 0 Å². The Bertz CT molecular complexity index is 606. The second-order valence-electron chi connectivity index (χ2n) is 3.85. The summed E-state index contributed by atoms with van der Waals surface area (Å²) in [5.41, 5.74) is -0.300. The highest BCUT2D eigenvalue weighted by Gasteiger charge is 2.31. The van der Waals surface area contributed by atoms with Crippen molar-refractivity contribution in [2.24, 2.45) is 0 Å². The fourth-order valence-electron chi connectivity index (χ4n) is 1.53. The number of aryl methyl sites for hydroxylation is 1. The topological polar surface area (TPSA) is 12.9 Å². The first-order valence-corrected chi connectivity index (χ1v) is 6.57. The molecule has 0 radical (unpaired) electrons. The monoisotopic (exact) mass is 309 g/mol. The standard InChI is InChI=1S/C12H8ClF4NS/c1-6-10(5-13)19-11(18-6)8-3-2-7(4-9(8)14)12(15,16)17/h2-4H,5H2,1H3. The highest BCUT2D eigenvalue weighted by Crippen LogP contribution is 2.35. The van der Waals surface area contributed by atoms with Crippen LogP contribution in [0.15, 0.2) is 18.2 Å². The molecule has 7 heteroatoms. The number of hydrogen-bond acceptors (Lipinski definition) is 2. The number of nitrogens with zero attached hydrogens (tertiary/aromatic N) is 1. The van der Waals surface area contributed by atoms with Gasteiger partial charge in [0.05, 0.1) is 17.1 Å². The number of alkyl halides is 4. The Hall–Kier alpha value is -1.14. The van der Waals surface area contributed by atoms with Crippen LogP contribution >= 0.6 is 22.9 Å². The normalized spacial score (nSPS) is 11.9. The van der Waals surface area contributed by atoms with Gasteiger partial charge < -0.3 is 0 Å². The molecule has 0 unspecified atom stereocenters. The van der Waals surface area contributed by atoms with E-state index in [0.29, 0.717) is 16.8 Å². The quantitative estimate of drug-likeness (QED) is 0.561. The minimum Gasteiger partial charge on any atom is -0.241 e. The van der Waals surface area contributed by atoms with Crippen LogP contribution in [0.5, 0.6) is 0 Å². The van der Waals surface area contributed by atoms with Gasteiger partial charge in [0.1, 0.15) is 10.8 Å². The van der Waals surface area contributed by atoms with Crippen LogP contribution in [0.1, 0.15) is 16.1 Å². The van der Waals surface area contributed by atoms with Crippen LogP contribution in [0.4, 0.5) is 17.6 Å². The summed E-state index contributed by atoms with van der Waals surface area (Å²) in [5.74, 6) is -0.698. The molecule has 1 aromatic heterocycles. The summed E-state index contributed by atoms with van der Waals surface area (Å²) in [6, 6.07) is 2.41. The third-order valence-corrected chi connectivity index (χ3v) is 4.16. The van der Waals surface area contributed by atoms with E-state index in [0.717, 1.165) is 17.0 Å². The summed E-state index contributed by atoms with van der Waals surface area (Å²) in [6.45, 7) is 1.72. The van der Waals surface area contributed by atoms with Gasteiger partial charge >= 0.3 is 6.18 Å². The lowest BCUT2D eigenvalue weighted by molar-refractivity contribution is -0.137. The first-order valence-electron chi connectivity index (χ1n) is 5.22. The Labute approximate surface area is 115 Å². The molecule has 0 N–H and O–H groups in total. The van der Waals surface area contributed by atoms with E-state index in [2.05, 4.69) is 4.98 Å². The molecule has 1 nitrogen and oxygen atoms in total. The molecule has 2 aromatic rings. The van der Waals surface area contributed by atoms with Crippen molar-refractivity contribution < 1.29 is 17.6 Å². The van der Waals surface area contributed by atoms with Crippen molar-refractivity contribution in [1.82, 2.24) is 4.98 Å². The molecule has 1 aromatic carbocycles. The van der Waals surface area contributed by atoms with Gasteiger partial charge in [0.2, 0.25) is 0 Å². The smallest absolute Gasteiger partial charge is 0.241 e. The Kier molecular flexibility index (Phi) is 3.82. The molecule has 0 atom stereocenters. The summed E-state index contributed by atoms with van der Waals surface area (Å²) < 4.78 is 51.0. The van der Waals surface area contributed by atoms with E-state index in [-0.39, 0.29) is 11.4 Å². The first-order chi connectivity index (χ1) is 8.82. The van der Waals surface area contributed by atoms with Gasteiger partial charge in [0.25, 0.3) is 0 Å². The maximum Gasteiger partial charge on any atom is 0.416 e. The minimum atomic E-state index is -4.56. The fourth-order valence-corrected chi connectivity index (χ4v) is 2.83. The van der Waals surface area contributed by atoms with E-state index in [1.807, 2.05) is 0 Å². The van der Waals surface area contributed by atoms with Crippen molar-refractivity contribution in [2.45, 2.75) is 19.0 Å². The molecule has 102 valence electrons. The second-order valence-corrected chi connectivity index (χ2v) is 5.20. The number of benzene rings is 1. The number of thiazole rings is 1. The Morgan fingerprint density at radius 3 is 2.47 bits per heavy atom. The van der Waals surface area contributed by atoms with Crippen LogP contribution < -0.4 is 0 Å². The molecule has 0 spiro atoms. The molecular formula is C12H8ClF4NS. The zero-order chi connectivity index (χ0) is 14.2. The van der Waals surface area contributed by atoms with Gasteiger partial charge in [-0.3, -0.25) is 0 Å². The van der Waals surface area contributed by atoms with E-state index < -0.39 is 17.6 Å². The highest BCUT2D eigenvalue weighted by molar-refractivity contribution is 7.15. The van der Waals surface area contributed by atoms with E-state index in [4.69, 9.17) is 11.6 Å². The fraction of sp³-hybridized carbons (Fsp3) is 0.250. The predicted molar refractivity (Wildman–Crippen MR) is 66.8 cm³/mol.